The van der Waals surface area contributed by atoms with E-state index in [1.165, 1.54) is 13.1 Å². The maximum Gasteiger partial charge on any atom is 0.326 e. The molecule has 6 amide bonds. The summed E-state index contributed by atoms with van der Waals surface area (Å²) in [4.78, 5) is 141. The zero-order valence-electron chi connectivity index (χ0n) is 32.6. The van der Waals surface area contributed by atoms with Crippen molar-refractivity contribution in [2.45, 2.75) is 102 Å². The maximum atomic E-state index is 13.7. The summed E-state index contributed by atoms with van der Waals surface area (Å²) in [6.07, 6.45) is -3.21. The second-order valence-corrected chi connectivity index (χ2v) is 13.8. The predicted molar refractivity (Wildman–Crippen MR) is 203 cm³/mol. The van der Waals surface area contributed by atoms with Crippen molar-refractivity contribution in [1.29, 1.82) is 0 Å². The van der Waals surface area contributed by atoms with Crippen LogP contribution in [-0.2, 0) is 59.2 Å². The standard InChI is InChI=1S/C36H48N8O16/c1-4-15(2)29(44-30(53)16(3)37)35(58)42-23(12-27(49)50)34(57)41-22(11-26(47)48)33(56)40-21(10-25(45)46)32(55)39-20(31(54)43-24(36(59)60)13-28(51)52)9-17-14-38-19-8-6-5-7-18(17)19/h5-8,14-16,20-24,29,38H,4,9-13,37H2,1-3H3,(H,39,55)(H,40,56)(H,41,57)(H,42,58)(H,43,54)(H,44,53)(H,45,46)(H,47,48)(H,49,50)(H,51,52)(H,59,60)/t15-,16-,20-,21-,22-,23-,24-,29-/m0/s1. The number of benzene rings is 1. The number of nitrogens with two attached hydrogens (primary N) is 1. The summed E-state index contributed by atoms with van der Waals surface area (Å²) < 4.78 is 0. The van der Waals surface area contributed by atoms with Crippen LogP contribution < -0.4 is 37.6 Å². The molecular formula is C36H48N8O16. The van der Waals surface area contributed by atoms with Crippen molar-refractivity contribution < 1.29 is 78.3 Å². The van der Waals surface area contributed by atoms with Crippen molar-refractivity contribution in [1.82, 2.24) is 36.9 Å². The third kappa shape index (κ3) is 15.3. The molecule has 0 fully saturated rings. The van der Waals surface area contributed by atoms with Gasteiger partial charge in [0.2, 0.25) is 35.4 Å². The van der Waals surface area contributed by atoms with Gasteiger partial charge in [-0.05, 0) is 24.5 Å². The Balaban J connectivity index is 2.43. The van der Waals surface area contributed by atoms with E-state index in [4.69, 9.17) is 10.8 Å². The number of rotatable bonds is 25. The summed E-state index contributed by atoms with van der Waals surface area (Å²) in [7, 11) is 0. The van der Waals surface area contributed by atoms with Crippen LogP contribution in [0.4, 0.5) is 0 Å². The number of aromatic nitrogens is 1. The fourth-order valence-corrected chi connectivity index (χ4v) is 5.59. The molecule has 0 aliphatic rings. The fourth-order valence-electron chi connectivity index (χ4n) is 5.59. The molecule has 328 valence electrons. The highest BCUT2D eigenvalue weighted by Gasteiger charge is 2.36. The van der Waals surface area contributed by atoms with Crippen molar-refractivity contribution in [3.63, 3.8) is 0 Å². The second kappa shape index (κ2) is 22.7. The molecule has 0 bridgehead atoms. The van der Waals surface area contributed by atoms with Gasteiger partial charge < -0.3 is 68.2 Å². The molecule has 1 aromatic carbocycles. The highest BCUT2D eigenvalue weighted by Crippen LogP contribution is 2.19. The molecule has 24 heteroatoms. The van der Waals surface area contributed by atoms with Gasteiger partial charge in [-0.1, -0.05) is 38.5 Å². The summed E-state index contributed by atoms with van der Waals surface area (Å²) in [6.45, 7) is 4.58. The van der Waals surface area contributed by atoms with Crippen LogP contribution in [0, 0.1) is 5.92 Å². The van der Waals surface area contributed by atoms with Gasteiger partial charge in [0.15, 0.2) is 0 Å². The van der Waals surface area contributed by atoms with Crippen LogP contribution in [0.1, 0.15) is 58.4 Å². The van der Waals surface area contributed by atoms with Gasteiger partial charge in [-0.15, -0.1) is 0 Å². The average molecular weight is 849 g/mol. The van der Waals surface area contributed by atoms with Gasteiger partial charge in [0.05, 0.1) is 31.7 Å². The number of carboxylic acids is 5. The second-order valence-electron chi connectivity index (χ2n) is 13.8. The molecule has 0 saturated carbocycles. The minimum absolute atomic E-state index is 0.321. The number of carbonyl (C=O) groups is 11. The highest BCUT2D eigenvalue weighted by atomic mass is 16.4. The first-order chi connectivity index (χ1) is 28.0. The van der Waals surface area contributed by atoms with Gasteiger partial charge in [0.1, 0.15) is 36.3 Å². The average Bonchev–Trinajstić information content (AvgIpc) is 3.56. The Kier molecular flexibility index (Phi) is 18.6. The lowest BCUT2D eigenvalue weighted by Crippen LogP contribution is -2.61. The number of hydrogen-bond acceptors (Lipinski definition) is 12. The van der Waals surface area contributed by atoms with Crippen LogP contribution in [0.15, 0.2) is 30.5 Å². The van der Waals surface area contributed by atoms with E-state index in [9.17, 15) is 73.2 Å². The minimum Gasteiger partial charge on any atom is -0.481 e. The van der Waals surface area contributed by atoms with Gasteiger partial charge in [0, 0.05) is 23.5 Å². The molecule has 0 aliphatic heterocycles. The number of carbonyl (C=O) groups excluding carboxylic acids is 6. The van der Waals surface area contributed by atoms with E-state index >= 15 is 0 Å². The van der Waals surface area contributed by atoms with E-state index < -0.39 is 146 Å². The zero-order valence-corrected chi connectivity index (χ0v) is 32.6. The lowest BCUT2D eigenvalue weighted by Gasteiger charge is -2.28. The zero-order chi connectivity index (χ0) is 45.4. The van der Waals surface area contributed by atoms with Crippen LogP contribution in [0.3, 0.4) is 0 Å². The number of aliphatic carboxylic acids is 5. The summed E-state index contributed by atoms with van der Waals surface area (Å²) >= 11 is 0. The minimum atomic E-state index is -2.15. The van der Waals surface area contributed by atoms with E-state index in [2.05, 4.69) is 20.9 Å². The Labute approximate surface area is 340 Å². The molecular weight excluding hydrogens is 800 g/mol. The first-order valence-corrected chi connectivity index (χ1v) is 18.3. The van der Waals surface area contributed by atoms with Gasteiger partial charge in [0.25, 0.3) is 0 Å². The molecule has 0 unspecified atom stereocenters. The largest absolute Gasteiger partial charge is 0.481 e. The van der Waals surface area contributed by atoms with Crippen molar-refractivity contribution in [2.24, 2.45) is 11.7 Å². The third-order valence-corrected chi connectivity index (χ3v) is 8.97. The van der Waals surface area contributed by atoms with E-state index in [0.717, 1.165) is 0 Å². The molecule has 8 atom stereocenters. The van der Waals surface area contributed by atoms with Crippen LogP contribution in [0.25, 0.3) is 10.9 Å². The van der Waals surface area contributed by atoms with Gasteiger partial charge >= 0.3 is 29.8 Å². The van der Waals surface area contributed by atoms with E-state index in [0.29, 0.717) is 22.9 Å². The van der Waals surface area contributed by atoms with E-state index in [1.54, 1.807) is 38.1 Å². The molecule has 24 nitrogen and oxygen atoms in total. The first kappa shape index (κ1) is 49.0. The molecule has 2 aromatic rings. The fraction of sp³-hybridized carbons (Fsp3) is 0.472. The number of nitrogens with one attached hydrogen (secondary N) is 7. The third-order valence-electron chi connectivity index (χ3n) is 8.97. The Morgan fingerprint density at radius 1 is 0.567 bits per heavy atom. The van der Waals surface area contributed by atoms with Crippen molar-refractivity contribution >= 4 is 76.2 Å². The topological polar surface area (TPSA) is 403 Å². The Hall–Kier alpha value is -7.11. The monoisotopic (exact) mass is 848 g/mol. The van der Waals surface area contributed by atoms with Crippen molar-refractivity contribution in [2.75, 3.05) is 0 Å². The number of hydrogen-bond donors (Lipinski definition) is 13. The SMILES string of the molecule is CC[C@H](C)[C@H](NC(=O)[C@H](C)N)C(=O)N[C@@H](CC(=O)O)C(=O)N[C@@H](CC(=O)O)C(=O)N[C@@H](CC(=O)O)C(=O)N[C@@H](Cc1c[nH]c2ccccc12)C(=O)N[C@@H](CC(=O)O)C(=O)O. The summed E-state index contributed by atoms with van der Waals surface area (Å²) in [5, 5.41) is 60.6. The number of amides is 6. The molecule has 1 aromatic heterocycles. The lowest BCUT2D eigenvalue weighted by molar-refractivity contribution is -0.147. The lowest BCUT2D eigenvalue weighted by atomic mass is 9.97. The number of aromatic amines is 1. The van der Waals surface area contributed by atoms with Crippen LogP contribution in [0.5, 0.6) is 0 Å². The summed E-state index contributed by atoms with van der Waals surface area (Å²) in [6, 6.07) is -5.67. The summed E-state index contributed by atoms with van der Waals surface area (Å²) in [5.74, 6) is -16.2. The molecule has 2 rings (SSSR count). The van der Waals surface area contributed by atoms with Gasteiger partial charge in [-0.2, -0.15) is 0 Å². The molecule has 0 radical (unpaired) electrons. The number of para-hydroxylation sites is 1. The Bertz CT molecular complexity index is 1970. The first-order valence-electron chi connectivity index (χ1n) is 18.3. The molecule has 0 saturated heterocycles. The van der Waals surface area contributed by atoms with Crippen LogP contribution >= 0.6 is 0 Å². The van der Waals surface area contributed by atoms with Gasteiger partial charge in [-0.25, -0.2) is 4.79 Å². The quantitative estimate of drug-likeness (QED) is 0.0473. The number of fused-ring (bicyclic) bond motifs is 1. The molecule has 0 spiro atoms. The molecule has 14 N–H and O–H groups in total. The van der Waals surface area contributed by atoms with Crippen LogP contribution in [0.2, 0.25) is 0 Å². The predicted octanol–water partition coefficient (Wildman–Crippen LogP) is -3.00. The number of H-pyrrole nitrogens is 1. The number of carboxylic acid groups (broad SMARTS) is 5. The molecule has 60 heavy (non-hydrogen) atoms. The maximum absolute atomic E-state index is 13.7. The Morgan fingerprint density at radius 2 is 0.967 bits per heavy atom. The van der Waals surface area contributed by atoms with E-state index in [1.807, 2.05) is 16.0 Å². The smallest absolute Gasteiger partial charge is 0.326 e. The highest BCUT2D eigenvalue weighted by molar-refractivity contribution is 6.00. The summed E-state index contributed by atoms with van der Waals surface area (Å²) in [5.41, 5.74) is 6.55. The molecule has 0 aliphatic carbocycles. The van der Waals surface area contributed by atoms with Crippen molar-refractivity contribution in [3.05, 3.63) is 36.0 Å². The van der Waals surface area contributed by atoms with Gasteiger partial charge in [-0.3, -0.25) is 47.9 Å². The normalized spacial score (nSPS) is 14.9. The molecule has 1 heterocycles. The van der Waals surface area contributed by atoms with Crippen molar-refractivity contribution in [3.8, 4) is 0 Å². The van der Waals surface area contributed by atoms with Crippen LogP contribution in [-0.4, -0.2) is 138 Å². The Morgan fingerprint density at radius 3 is 1.40 bits per heavy atom. The van der Waals surface area contributed by atoms with E-state index in [-0.39, 0.29) is 0 Å².